The molecule has 3 nitrogen and oxygen atoms in total. The van der Waals surface area contributed by atoms with E-state index in [0.717, 1.165) is 36.8 Å². The standard InChI is InChI=1S/C14H19BrFNO2/c1-18-12-8-11(15)10(13(16)14(12)19-2)7-9-3-5-17-6-4-9/h8-9,17H,3-7H2,1-2H3. The molecule has 1 heterocycles. The molecule has 1 N–H and O–H groups in total. The molecule has 5 heteroatoms. The van der Waals surface area contributed by atoms with Crippen LogP contribution in [0.2, 0.25) is 0 Å². The van der Waals surface area contributed by atoms with Crippen molar-refractivity contribution < 1.29 is 13.9 Å². The Balaban J connectivity index is 2.28. The lowest BCUT2D eigenvalue weighted by atomic mass is 9.90. The fourth-order valence-electron chi connectivity index (χ4n) is 2.52. The molecule has 0 amide bonds. The van der Waals surface area contributed by atoms with Crippen LogP contribution in [0.25, 0.3) is 0 Å². The van der Waals surface area contributed by atoms with Gasteiger partial charge in [-0.05, 0) is 44.3 Å². The quantitative estimate of drug-likeness (QED) is 0.919. The van der Waals surface area contributed by atoms with Gasteiger partial charge in [0.1, 0.15) is 0 Å². The molecule has 0 aromatic heterocycles. The van der Waals surface area contributed by atoms with Crippen molar-refractivity contribution in [2.24, 2.45) is 5.92 Å². The molecule has 0 aliphatic carbocycles. The van der Waals surface area contributed by atoms with E-state index in [0.29, 0.717) is 17.2 Å². The van der Waals surface area contributed by atoms with Gasteiger partial charge in [-0.15, -0.1) is 0 Å². The predicted molar refractivity (Wildman–Crippen MR) is 76.5 cm³/mol. The Bertz CT molecular complexity index is 448. The molecule has 19 heavy (non-hydrogen) atoms. The zero-order chi connectivity index (χ0) is 13.8. The van der Waals surface area contributed by atoms with Gasteiger partial charge in [0.25, 0.3) is 0 Å². The van der Waals surface area contributed by atoms with Crippen LogP contribution in [0.4, 0.5) is 4.39 Å². The summed E-state index contributed by atoms with van der Waals surface area (Å²) >= 11 is 3.44. The van der Waals surface area contributed by atoms with Crippen LogP contribution < -0.4 is 14.8 Å². The molecular weight excluding hydrogens is 313 g/mol. The zero-order valence-electron chi connectivity index (χ0n) is 11.3. The number of rotatable bonds is 4. The third-order valence-electron chi connectivity index (χ3n) is 3.61. The first kappa shape index (κ1) is 14.6. The van der Waals surface area contributed by atoms with Crippen molar-refractivity contribution in [1.29, 1.82) is 0 Å². The molecule has 1 aromatic carbocycles. The van der Waals surface area contributed by atoms with Crippen LogP contribution in [0.15, 0.2) is 10.5 Å². The number of benzene rings is 1. The zero-order valence-corrected chi connectivity index (χ0v) is 12.8. The van der Waals surface area contributed by atoms with Crippen LogP contribution in [0, 0.1) is 11.7 Å². The number of ether oxygens (including phenoxy) is 2. The van der Waals surface area contributed by atoms with Crippen LogP contribution in [-0.2, 0) is 6.42 Å². The van der Waals surface area contributed by atoms with E-state index in [4.69, 9.17) is 9.47 Å². The minimum absolute atomic E-state index is 0.189. The highest BCUT2D eigenvalue weighted by atomic mass is 79.9. The summed E-state index contributed by atoms with van der Waals surface area (Å²) in [5, 5.41) is 3.32. The fraction of sp³-hybridized carbons (Fsp3) is 0.571. The van der Waals surface area contributed by atoms with Gasteiger partial charge in [-0.3, -0.25) is 0 Å². The highest BCUT2D eigenvalue weighted by molar-refractivity contribution is 9.10. The lowest BCUT2D eigenvalue weighted by Crippen LogP contribution is -2.28. The fourth-order valence-corrected chi connectivity index (χ4v) is 3.07. The monoisotopic (exact) mass is 331 g/mol. The second-order valence-corrected chi connectivity index (χ2v) is 5.64. The number of methoxy groups -OCH3 is 2. The molecule has 1 aliphatic rings. The van der Waals surface area contributed by atoms with Crippen molar-refractivity contribution in [1.82, 2.24) is 5.32 Å². The lowest BCUT2D eigenvalue weighted by Gasteiger charge is -2.24. The van der Waals surface area contributed by atoms with Crippen molar-refractivity contribution in [2.75, 3.05) is 27.3 Å². The molecule has 0 spiro atoms. The maximum atomic E-state index is 14.5. The summed E-state index contributed by atoms with van der Waals surface area (Å²) in [5.74, 6) is 0.813. The Morgan fingerprint density at radius 1 is 1.32 bits per heavy atom. The Morgan fingerprint density at radius 3 is 2.58 bits per heavy atom. The minimum atomic E-state index is -0.313. The van der Waals surface area contributed by atoms with Crippen LogP contribution in [0.3, 0.4) is 0 Å². The average molecular weight is 332 g/mol. The van der Waals surface area contributed by atoms with E-state index in [1.807, 2.05) is 0 Å². The molecule has 1 saturated heterocycles. The molecule has 1 aliphatic heterocycles. The van der Waals surface area contributed by atoms with E-state index in [2.05, 4.69) is 21.2 Å². The van der Waals surface area contributed by atoms with Gasteiger partial charge in [0.05, 0.1) is 14.2 Å². The first-order valence-corrected chi connectivity index (χ1v) is 7.26. The average Bonchev–Trinajstić information content (AvgIpc) is 2.44. The van der Waals surface area contributed by atoms with E-state index >= 15 is 0 Å². The molecule has 1 fully saturated rings. The summed E-state index contributed by atoms with van der Waals surface area (Å²) in [4.78, 5) is 0. The predicted octanol–water partition coefficient (Wildman–Crippen LogP) is 3.15. The molecule has 1 aromatic rings. The Morgan fingerprint density at radius 2 is 2.00 bits per heavy atom. The summed E-state index contributed by atoms with van der Waals surface area (Å²) in [6.07, 6.45) is 2.90. The van der Waals surface area contributed by atoms with E-state index in [9.17, 15) is 4.39 Å². The summed E-state index contributed by atoms with van der Waals surface area (Å²) in [6.45, 7) is 2.02. The molecule has 106 valence electrons. The minimum Gasteiger partial charge on any atom is -0.493 e. The number of halogens is 2. The van der Waals surface area contributed by atoms with Gasteiger partial charge in [-0.25, -0.2) is 4.39 Å². The van der Waals surface area contributed by atoms with Crippen molar-refractivity contribution in [3.63, 3.8) is 0 Å². The highest BCUT2D eigenvalue weighted by Crippen LogP contribution is 2.38. The molecule has 0 radical (unpaired) electrons. The molecule has 2 rings (SSSR count). The summed E-state index contributed by atoms with van der Waals surface area (Å²) in [7, 11) is 2.97. The maximum Gasteiger partial charge on any atom is 0.197 e. The molecule has 0 bridgehead atoms. The third-order valence-corrected chi connectivity index (χ3v) is 4.32. The third kappa shape index (κ3) is 3.20. The summed E-state index contributed by atoms with van der Waals surface area (Å²) in [6, 6.07) is 1.78. The summed E-state index contributed by atoms with van der Waals surface area (Å²) < 4.78 is 25.5. The van der Waals surface area contributed by atoms with Crippen LogP contribution >= 0.6 is 15.9 Å². The second kappa shape index (κ2) is 6.57. The van der Waals surface area contributed by atoms with E-state index in [1.165, 1.54) is 14.2 Å². The van der Waals surface area contributed by atoms with Gasteiger partial charge in [0, 0.05) is 10.0 Å². The first-order valence-electron chi connectivity index (χ1n) is 6.47. The number of hydrogen-bond acceptors (Lipinski definition) is 3. The topological polar surface area (TPSA) is 30.5 Å². The lowest BCUT2D eigenvalue weighted by molar-refractivity contribution is 0.330. The molecule has 0 saturated carbocycles. The van der Waals surface area contributed by atoms with Crippen molar-refractivity contribution in [2.45, 2.75) is 19.3 Å². The van der Waals surface area contributed by atoms with E-state index in [1.54, 1.807) is 6.07 Å². The van der Waals surface area contributed by atoms with Gasteiger partial charge >= 0.3 is 0 Å². The van der Waals surface area contributed by atoms with Gasteiger partial charge in [0.15, 0.2) is 17.3 Å². The smallest absolute Gasteiger partial charge is 0.197 e. The van der Waals surface area contributed by atoms with E-state index in [-0.39, 0.29) is 11.6 Å². The van der Waals surface area contributed by atoms with E-state index < -0.39 is 0 Å². The normalized spacial score (nSPS) is 16.4. The van der Waals surface area contributed by atoms with Crippen molar-refractivity contribution >= 4 is 15.9 Å². The Kier molecular flexibility index (Phi) is 5.05. The van der Waals surface area contributed by atoms with Crippen molar-refractivity contribution in [3.8, 4) is 11.5 Å². The van der Waals surface area contributed by atoms with Crippen LogP contribution in [-0.4, -0.2) is 27.3 Å². The molecular formula is C14H19BrFNO2. The van der Waals surface area contributed by atoms with Gasteiger partial charge in [0.2, 0.25) is 0 Å². The maximum absolute atomic E-state index is 14.5. The molecule has 0 unspecified atom stereocenters. The second-order valence-electron chi connectivity index (χ2n) is 4.78. The van der Waals surface area contributed by atoms with Crippen molar-refractivity contribution in [3.05, 3.63) is 21.9 Å². The SMILES string of the molecule is COc1cc(Br)c(CC2CCNCC2)c(F)c1OC. The van der Waals surface area contributed by atoms with Crippen LogP contribution in [0.1, 0.15) is 18.4 Å². The number of piperidine rings is 1. The van der Waals surface area contributed by atoms with Gasteiger partial charge in [-0.2, -0.15) is 0 Å². The van der Waals surface area contributed by atoms with Gasteiger partial charge in [-0.1, -0.05) is 15.9 Å². The highest BCUT2D eigenvalue weighted by Gasteiger charge is 2.22. The first-order chi connectivity index (χ1) is 9.17. The number of hydrogen-bond donors (Lipinski definition) is 1. The van der Waals surface area contributed by atoms with Crippen LogP contribution in [0.5, 0.6) is 11.5 Å². The van der Waals surface area contributed by atoms with Gasteiger partial charge < -0.3 is 14.8 Å². The largest absolute Gasteiger partial charge is 0.493 e. The Hall–Kier alpha value is -0.810. The number of nitrogens with one attached hydrogen (secondary N) is 1. The summed E-state index contributed by atoms with van der Waals surface area (Å²) in [5.41, 5.74) is 0.685. The molecule has 0 atom stereocenters. The Labute approximate surface area is 121 Å².